The lowest BCUT2D eigenvalue weighted by atomic mass is 10.0. The first kappa shape index (κ1) is 33.2. The summed E-state index contributed by atoms with van der Waals surface area (Å²) in [7, 11) is 0. The Bertz CT molecular complexity index is 532. The summed E-state index contributed by atoms with van der Waals surface area (Å²) in [5, 5.41) is 0. The minimum atomic E-state index is 1.16. The quantitative estimate of drug-likeness (QED) is 0.110. The number of hydrogen-bond acceptors (Lipinski definition) is 1. The maximum Gasteiger partial charge on any atom is 0.0409 e. The summed E-state index contributed by atoms with van der Waals surface area (Å²) in [6, 6.07) is 4.65. The molecule has 0 aromatic carbocycles. The van der Waals surface area contributed by atoms with Crippen LogP contribution in [-0.2, 0) is 12.8 Å². The summed E-state index contributed by atoms with van der Waals surface area (Å²) < 4.78 is 0. The molecule has 1 rings (SSSR count). The van der Waals surface area contributed by atoms with E-state index in [0.29, 0.717) is 0 Å². The van der Waals surface area contributed by atoms with Gasteiger partial charge in [-0.15, -0.1) is 0 Å². The summed E-state index contributed by atoms with van der Waals surface area (Å²) in [6.07, 6.45) is 38.5. The highest BCUT2D eigenvalue weighted by Gasteiger charge is 2.04. The molecule has 0 saturated heterocycles. The first-order chi connectivity index (χ1) is 17.8. The van der Waals surface area contributed by atoms with Crippen molar-refractivity contribution in [2.45, 2.75) is 188 Å². The van der Waals surface area contributed by atoms with Crippen molar-refractivity contribution in [1.82, 2.24) is 4.98 Å². The SMILES string of the molecule is C[CH]c1cc(CCCCCCCCCCCCCC)nc(CCCCCCCCCCCCCC)c1. The zero-order valence-corrected chi connectivity index (χ0v) is 25.1. The van der Waals surface area contributed by atoms with Gasteiger partial charge in [0, 0.05) is 11.4 Å². The first-order valence-corrected chi connectivity index (χ1v) is 16.6. The van der Waals surface area contributed by atoms with Gasteiger partial charge < -0.3 is 0 Å². The molecule has 0 aliphatic rings. The molecule has 0 bridgehead atoms. The van der Waals surface area contributed by atoms with Crippen LogP contribution in [0.5, 0.6) is 0 Å². The van der Waals surface area contributed by atoms with Crippen LogP contribution in [0.25, 0.3) is 0 Å². The Morgan fingerprint density at radius 3 is 1.00 bits per heavy atom. The third-order valence-electron chi connectivity index (χ3n) is 7.86. The van der Waals surface area contributed by atoms with E-state index in [0.717, 1.165) is 12.8 Å². The van der Waals surface area contributed by atoms with Gasteiger partial charge >= 0.3 is 0 Å². The molecule has 209 valence electrons. The van der Waals surface area contributed by atoms with Gasteiger partial charge in [0.05, 0.1) is 0 Å². The normalized spacial score (nSPS) is 11.4. The van der Waals surface area contributed by atoms with Gasteiger partial charge in [0.1, 0.15) is 0 Å². The molecule has 1 heteroatoms. The minimum absolute atomic E-state index is 1.16. The molecule has 0 unspecified atom stereocenters. The highest BCUT2D eigenvalue weighted by Crippen LogP contribution is 2.17. The maximum atomic E-state index is 5.04. The van der Waals surface area contributed by atoms with Crippen molar-refractivity contribution < 1.29 is 0 Å². The highest BCUT2D eigenvalue weighted by atomic mass is 14.7. The van der Waals surface area contributed by atoms with Crippen molar-refractivity contribution in [2.75, 3.05) is 0 Å². The Morgan fingerprint density at radius 1 is 0.444 bits per heavy atom. The second-order valence-corrected chi connectivity index (χ2v) is 11.5. The van der Waals surface area contributed by atoms with Crippen molar-refractivity contribution in [2.24, 2.45) is 0 Å². The Labute approximate surface area is 228 Å². The highest BCUT2D eigenvalue weighted by molar-refractivity contribution is 5.27. The summed E-state index contributed by atoms with van der Waals surface area (Å²) in [5.41, 5.74) is 4.02. The van der Waals surface area contributed by atoms with E-state index in [9.17, 15) is 0 Å². The molecule has 1 nitrogen and oxygen atoms in total. The maximum absolute atomic E-state index is 5.04. The van der Waals surface area contributed by atoms with Crippen molar-refractivity contribution in [1.29, 1.82) is 0 Å². The predicted molar refractivity (Wildman–Crippen MR) is 163 cm³/mol. The lowest BCUT2D eigenvalue weighted by Crippen LogP contribution is -1.99. The van der Waals surface area contributed by atoms with Gasteiger partial charge in [0.2, 0.25) is 0 Å². The number of aromatic nitrogens is 1. The third kappa shape index (κ3) is 20.2. The van der Waals surface area contributed by atoms with E-state index in [1.807, 2.05) is 0 Å². The fourth-order valence-electron chi connectivity index (χ4n) is 5.39. The molecule has 36 heavy (non-hydrogen) atoms. The molecular formula is C35H64N. The van der Waals surface area contributed by atoms with Crippen molar-refractivity contribution in [3.05, 3.63) is 35.5 Å². The largest absolute Gasteiger partial charge is 0.258 e. The first-order valence-electron chi connectivity index (χ1n) is 16.6. The number of hydrogen-bond donors (Lipinski definition) is 0. The van der Waals surface area contributed by atoms with Crippen LogP contribution in [0.1, 0.15) is 192 Å². The second-order valence-electron chi connectivity index (χ2n) is 11.5. The van der Waals surface area contributed by atoms with Gasteiger partial charge in [-0.25, -0.2) is 0 Å². The van der Waals surface area contributed by atoms with E-state index >= 15 is 0 Å². The number of nitrogens with zero attached hydrogens (tertiary/aromatic N) is 1. The fraction of sp³-hybridized carbons (Fsp3) is 0.829. The van der Waals surface area contributed by atoms with E-state index in [1.165, 1.54) is 171 Å². The number of rotatable bonds is 27. The van der Waals surface area contributed by atoms with Crippen LogP contribution in [0.2, 0.25) is 0 Å². The number of unbranched alkanes of at least 4 members (excludes halogenated alkanes) is 22. The molecule has 0 aliphatic heterocycles. The second kappa shape index (κ2) is 25.8. The van der Waals surface area contributed by atoms with Crippen LogP contribution in [0.3, 0.4) is 0 Å². The average Bonchev–Trinajstić information content (AvgIpc) is 2.89. The van der Waals surface area contributed by atoms with Crippen LogP contribution in [-0.4, -0.2) is 4.98 Å². The molecule has 0 amide bonds. The molecule has 0 fully saturated rings. The Hall–Kier alpha value is -0.850. The molecule has 1 aromatic heterocycles. The molecule has 0 N–H and O–H groups in total. The van der Waals surface area contributed by atoms with E-state index < -0.39 is 0 Å². The molecule has 1 aromatic rings. The monoisotopic (exact) mass is 499 g/mol. The average molecular weight is 499 g/mol. The van der Waals surface area contributed by atoms with Gasteiger partial charge in [-0.2, -0.15) is 0 Å². The van der Waals surface area contributed by atoms with E-state index in [-0.39, 0.29) is 0 Å². The molecular weight excluding hydrogens is 434 g/mol. The van der Waals surface area contributed by atoms with Gasteiger partial charge in [-0.3, -0.25) is 4.98 Å². The summed E-state index contributed by atoms with van der Waals surface area (Å²) in [6.45, 7) is 6.76. The lowest BCUT2D eigenvalue weighted by Gasteiger charge is -2.09. The van der Waals surface area contributed by atoms with Gasteiger partial charge in [-0.1, -0.05) is 162 Å². The molecule has 1 radical (unpaired) electrons. The zero-order valence-electron chi connectivity index (χ0n) is 25.1. The van der Waals surface area contributed by atoms with Crippen molar-refractivity contribution >= 4 is 0 Å². The molecule has 0 saturated carbocycles. The van der Waals surface area contributed by atoms with E-state index in [1.54, 1.807) is 0 Å². The van der Waals surface area contributed by atoms with Gasteiger partial charge in [0.15, 0.2) is 0 Å². The molecule has 0 aliphatic carbocycles. The van der Waals surface area contributed by atoms with E-state index in [2.05, 4.69) is 39.3 Å². The fourth-order valence-corrected chi connectivity index (χ4v) is 5.39. The van der Waals surface area contributed by atoms with Gasteiger partial charge in [0.25, 0.3) is 0 Å². The Balaban J connectivity index is 2.06. The topological polar surface area (TPSA) is 12.9 Å². The van der Waals surface area contributed by atoms with Crippen LogP contribution in [0.4, 0.5) is 0 Å². The zero-order chi connectivity index (χ0) is 25.9. The van der Waals surface area contributed by atoms with Crippen molar-refractivity contribution in [3.63, 3.8) is 0 Å². The van der Waals surface area contributed by atoms with Crippen LogP contribution < -0.4 is 0 Å². The van der Waals surface area contributed by atoms with Crippen LogP contribution in [0.15, 0.2) is 12.1 Å². The van der Waals surface area contributed by atoms with Crippen LogP contribution in [0, 0.1) is 6.42 Å². The molecule has 1 heterocycles. The predicted octanol–water partition coefficient (Wildman–Crippen LogP) is 12.1. The number of pyridine rings is 1. The van der Waals surface area contributed by atoms with Crippen LogP contribution >= 0.6 is 0 Å². The summed E-state index contributed by atoms with van der Waals surface area (Å²) >= 11 is 0. The van der Waals surface area contributed by atoms with Gasteiger partial charge in [-0.05, 0) is 49.8 Å². The van der Waals surface area contributed by atoms with E-state index in [4.69, 9.17) is 4.98 Å². The third-order valence-corrected chi connectivity index (χ3v) is 7.86. The Morgan fingerprint density at radius 2 is 0.722 bits per heavy atom. The summed E-state index contributed by atoms with van der Waals surface area (Å²) in [4.78, 5) is 5.04. The molecule has 0 atom stereocenters. The van der Waals surface area contributed by atoms with Crippen molar-refractivity contribution in [3.8, 4) is 0 Å². The minimum Gasteiger partial charge on any atom is -0.258 e. The lowest BCUT2D eigenvalue weighted by molar-refractivity contribution is 0.542. The number of aryl methyl sites for hydroxylation is 2. The summed E-state index contributed by atoms with van der Waals surface area (Å²) in [5.74, 6) is 0. The Kier molecular flexibility index (Phi) is 23.8. The smallest absolute Gasteiger partial charge is 0.0409 e. The molecule has 0 spiro atoms. The standard InChI is InChI=1S/C35H64N/c1-4-7-9-11-13-15-17-19-21-23-25-27-29-34-31-33(6-3)32-35(36-34)30-28-26-24-22-20-18-16-14-12-10-8-5-2/h6,31-32H,4-5,7-30H2,1-3H3.